The van der Waals surface area contributed by atoms with Gasteiger partial charge in [0.2, 0.25) is 0 Å². The van der Waals surface area contributed by atoms with E-state index in [0.29, 0.717) is 46.7 Å². The predicted molar refractivity (Wildman–Crippen MR) is 130 cm³/mol. The molecule has 0 aromatic heterocycles. The molecule has 0 radical (unpaired) electrons. The third-order valence-electron chi connectivity index (χ3n) is 5.06. The number of carbonyl (C=O) groups is 2. The van der Waals surface area contributed by atoms with Crippen molar-refractivity contribution in [2.45, 2.75) is 13.5 Å². The van der Waals surface area contributed by atoms with E-state index in [-0.39, 0.29) is 11.7 Å². The molecular formula is C26H23ClN2O5. The molecule has 0 unspecified atom stereocenters. The Morgan fingerprint density at radius 3 is 2.74 bits per heavy atom. The molecule has 3 aromatic rings. The lowest BCUT2D eigenvalue weighted by Crippen LogP contribution is -2.25. The van der Waals surface area contributed by atoms with Gasteiger partial charge in [-0.2, -0.15) is 0 Å². The fourth-order valence-corrected chi connectivity index (χ4v) is 3.63. The molecule has 0 aliphatic carbocycles. The van der Waals surface area contributed by atoms with Gasteiger partial charge in [0.25, 0.3) is 11.8 Å². The van der Waals surface area contributed by atoms with Crippen LogP contribution in [0.4, 0.5) is 5.69 Å². The number of ether oxygens (including phenoxy) is 3. The molecule has 7 nitrogen and oxygen atoms in total. The Bertz CT molecular complexity index is 1270. The minimum atomic E-state index is -0.411. The molecule has 2 amide bonds. The number of methoxy groups -OCH3 is 1. The first-order chi connectivity index (χ1) is 16.5. The van der Waals surface area contributed by atoms with Gasteiger partial charge < -0.3 is 24.8 Å². The zero-order chi connectivity index (χ0) is 24.1. The largest absolute Gasteiger partial charge is 0.493 e. The molecule has 0 saturated carbocycles. The molecule has 4 rings (SSSR count). The van der Waals surface area contributed by atoms with E-state index in [0.717, 1.165) is 11.1 Å². The van der Waals surface area contributed by atoms with Crippen LogP contribution in [-0.4, -0.2) is 25.5 Å². The highest BCUT2D eigenvalue weighted by atomic mass is 35.5. The van der Waals surface area contributed by atoms with Crippen LogP contribution in [0.25, 0.3) is 6.08 Å². The highest BCUT2D eigenvalue weighted by Crippen LogP contribution is 2.33. The van der Waals surface area contributed by atoms with Gasteiger partial charge in [0, 0.05) is 17.1 Å². The number of nitrogens with one attached hydrogen (secondary N) is 2. The summed E-state index contributed by atoms with van der Waals surface area (Å²) in [6, 6.07) is 17.4. The first kappa shape index (κ1) is 23.2. The highest BCUT2D eigenvalue weighted by molar-refractivity contribution is 6.30. The van der Waals surface area contributed by atoms with Crippen molar-refractivity contribution < 1.29 is 23.8 Å². The van der Waals surface area contributed by atoms with Crippen LogP contribution in [0.1, 0.15) is 28.4 Å². The molecule has 1 aliphatic heterocycles. The number of fused-ring (bicyclic) bond motifs is 1. The zero-order valence-electron chi connectivity index (χ0n) is 18.7. The SMILES string of the molecule is CCOc1ccc(CNC(=O)c2ccc3c(c2)NC(=O)C(=Cc2cccc(Cl)c2)O3)cc1OC. The van der Waals surface area contributed by atoms with Crippen LogP contribution >= 0.6 is 11.6 Å². The van der Waals surface area contributed by atoms with Crippen molar-refractivity contribution in [3.63, 3.8) is 0 Å². The Labute approximate surface area is 202 Å². The first-order valence-corrected chi connectivity index (χ1v) is 11.0. The van der Waals surface area contributed by atoms with Crippen LogP contribution in [-0.2, 0) is 11.3 Å². The number of hydrogen-bond donors (Lipinski definition) is 2. The average Bonchev–Trinajstić information content (AvgIpc) is 2.83. The van der Waals surface area contributed by atoms with Gasteiger partial charge in [0.15, 0.2) is 23.0 Å². The molecule has 1 aliphatic rings. The summed E-state index contributed by atoms with van der Waals surface area (Å²) in [6.07, 6.45) is 1.61. The van der Waals surface area contributed by atoms with Crippen molar-refractivity contribution in [3.05, 3.63) is 88.1 Å². The fraction of sp³-hybridized carbons (Fsp3) is 0.154. The number of anilines is 1. The standard InChI is InChI=1S/C26H23ClN2O5/c1-3-33-22-9-7-17(13-23(22)32-2)15-28-25(30)18-8-10-21-20(14-18)29-26(31)24(34-21)12-16-5-4-6-19(27)11-16/h4-14H,3,15H2,1-2H3,(H,28,30)(H,29,31). The summed E-state index contributed by atoms with van der Waals surface area (Å²) in [7, 11) is 1.57. The Morgan fingerprint density at radius 1 is 1.12 bits per heavy atom. The predicted octanol–water partition coefficient (Wildman–Crippen LogP) is 5.05. The third-order valence-corrected chi connectivity index (χ3v) is 5.30. The third kappa shape index (κ3) is 5.32. The maximum absolute atomic E-state index is 12.7. The maximum atomic E-state index is 12.7. The monoisotopic (exact) mass is 478 g/mol. The second-order valence-corrected chi connectivity index (χ2v) is 7.87. The van der Waals surface area contributed by atoms with Gasteiger partial charge in [-0.15, -0.1) is 0 Å². The van der Waals surface area contributed by atoms with Crippen LogP contribution in [0.15, 0.2) is 66.4 Å². The number of amides is 2. The quantitative estimate of drug-likeness (QED) is 0.464. The van der Waals surface area contributed by atoms with Gasteiger partial charge >= 0.3 is 0 Å². The Morgan fingerprint density at radius 2 is 1.97 bits per heavy atom. The molecule has 0 saturated heterocycles. The lowest BCUT2D eigenvalue weighted by molar-refractivity contribution is -0.115. The lowest BCUT2D eigenvalue weighted by atomic mass is 10.1. The van der Waals surface area contributed by atoms with E-state index in [1.165, 1.54) is 0 Å². The molecular weight excluding hydrogens is 456 g/mol. The number of benzene rings is 3. The van der Waals surface area contributed by atoms with E-state index in [1.54, 1.807) is 49.6 Å². The van der Waals surface area contributed by atoms with E-state index in [4.69, 9.17) is 25.8 Å². The van der Waals surface area contributed by atoms with Crippen molar-refractivity contribution in [1.82, 2.24) is 5.32 Å². The van der Waals surface area contributed by atoms with E-state index < -0.39 is 5.91 Å². The van der Waals surface area contributed by atoms with E-state index >= 15 is 0 Å². The number of rotatable bonds is 7. The van der Waals surface area contributed by atoms with E-state index in [9.17, 15) is 9.59 Å². The van der Waals surface area contributed by atoms with Crippen LogP contribution in [0.2, 0.25) is 5.02 Å². The molecule has 0 atom stereocenters. The minimum absolute atomic E-state index is 0.136. The van der Waals surface area contributed by atoms with Crippen LogP contribution in [0, 0.1) is 0 Å². The van der Waals surface area contributed by atoms with Crippen LogP contribution in [0.5, 0.6) is 17.2 Å². The van der Waals surface area contributed by atoms with Gasteiger partial charge in [0.1, 0.15) is 0 Å². The first-order valence-electron chi connectivity index (χ1n) is 10.6. The van der Waals surface area contributed by atoms with Gasteiger partial charge in [0.05, 0.1) is 19.4 Å². The van der Waals surface area contributed by atoms with Crippen LogP contribution < -0.4 is 24.8 Å². The Balaban J connectivity index is 1.45. The van der Waals surface area contributed by atoms with Crippen LogP contribution in [0.3, 0.4) is 0 Å². The van der Waals surface area contributed by atoms with Gasteiger partial charge in [-0.1, -0.05) is 29.8 Å². The van der Waals surface area contributed by atoms with Crippen molar-refractivity contribution in [2.24, 2.45) is 0 Å². The lowest BCUT2D eigenvalue weighted by Gasteiger charge is -2.20. The second kappa shape index (κ2) is 10.3. The maximum Gasteiger partial charge on any atom is 0.291 e. The van der Waals surface area contributed by atoms with Crippen molar-refractivity contribution in [3.8, 4) is 17.2 Å². The molecule has 174 valence electrons. The molecule has 0 spiro atoms. The molecule has 1 heterocycles. The molecule has 2 N–H and O–H groups in total. The van der Waals surface area contributed by atoms with Gasteiger partial charge in [-0.25, -0.2) is 0 Å². The van der Waals surface area contributed by atoms with Crippen molar-refractivity contribution in [1.29, 1.82) is 0 Å². The summed E-state index contributed by atoms with van der Waals surface area (Å²) < 4.78 is 16.6. The van der Waals surface area contributed by atoms with Crippen molar-refractivity contribution >= 4 is 35.2 Å². The average molecular weight is 479 g/mol. The summed E-state index contributed by atoms with van der Waals surface area (Å²) >= 11 is 6.01. The number of carbonyl (C=O) groups excluding carboxylic acids is 2. The molecule has 0 bridgehead atoms. The van der Waals surface area contributed by atoms with E-state index in [1.807, 2.05) is 31.2 Å². The summed E-state index contributed by atoms with van der Waals surface area (Å²) in [5, 5.41) is 6.20. The summed E-state index contributed by atoms with van der Waals surface area (Å²) in [4.78, 5) is 25.2. The number of halogens is 1. The summed E-state index contributed by atoms with van der Waals surface area (Å²) in [6.45, 7) is 2.73. The second-order valence-electron chi connectivity index (χ2n) is 7.43. The molecule has 34 heavy (non-hydrogen) atoms. The van der Waals surface area contributed by atoms with Crippen molar-refractivity contribution in [2.75, 3.05) is 19.0 Å². The fourth-order valence-electron chi connectivity index (χ4n) is 3.43. The highest BCUT2D eigenvalue weighted by Gasteiger charge is 2.23. The van der Waals surface area contributed by atoms with Gasteiger partial charge in [-0.3, -0.25) is 9.59 Å². The summed E-state index contributed by atoms with van der Waals surface area (Å²) in [5.41, 5.74) is 2.41. The Kier molecular flexibility index (Phi) is 7.04. The minimum Gasteiger partial charge on any atom is -0.493 e. The topological polar surface area (TPSA) is 85.9 Å². The molecule has 8 heteroatoms. The Hall–Kier alpha value is -3.97. The summed E-state index contributed by atoms with van der Waals surface area (Å²) in [5.74, 6) is 1.13. The van der Waals surface area contributed by atoms with E-state index in [2.05, 4.69) is 10.6 Å². The molecule has 3 aromatic carbocycles. The normalized spacial score (nSPS) is 13.5. The van der Waals surface area contributed by atoms with Gasteiger partial charge in [-0.05, 0) is 66.6 Å². The zero-order valence-corrected chi connectivity index (χ0v) is 19.4. The molecule has 0 fully saturated rings. The number of hydrogen-bond acceptors (Lipinski definition) is 5. The smallest absolute Gasteiger partial charge is 0.291 e.